The molecule has 56 valence electrons. The van der Waals surface area contributed by atoms with E-state index in [0.29, 0.717) is 6.42 Å². The van der Waals surface area contributed by atoms with Gasteiger partial charge in [-0.05, 0) is 6.42 Å². The first-order chi connectivity index (χ1) is 4.18. The Morgan fingerprint density at radius 2 is 2.00 bits per heavy atom. The van der Waals surface area contributed by atoms with Crippen LogP contribution in [0.3, 0.4) is 0 Å². The molecule has 1 N–H and O–H groups in total. The molecule has 0 saturated carbocycles. The van der Waals surface area contributed by atoms with Gasteiger partial charge >= 0.3 is 5.97 Å². The zero-order valence-electron chi connectivity index (χ0n) is 4.93. The summed E-state index contributed by atoms with van der Waals surface area (Å²) >= 11 is 8.53. The minimum atomic E-state index is -0.711. The van der Waals surface area contributed by atoms with Crippen LogP contribution in [0, 0.1) is 0 Å². The highest BCUT2D eigenvalue weighted by Gasteiger charge is 1.87. The maximum atomic E-state index is 9.60. The molecule has 0 spiro atoms. The third-order valence-electron chi connectivity index (χ3n) is 0.464. The predicted octanol–water partition coefficient (Wildman–Crippen LogP) is 2.18. The molecule has 0 heterocycles. The number of carboxylic acid groups (broad SMARTS) is 1. The Kier molecular flexibility index (Phi) is 14.2. The maximum absolute atomic E-state index is 9.60. The quantitative estimate of drug-likeness (QED) is 0.699. The van der Waals surface area contributed by atoms with E-state index in [1.54, 1.807) is 0 Å². The van der Waals surface area contributed by atoms with Crippen molar-refractivity contribution in [2.24, 2.45) is 0 Å². The highest BCUT2D eigenvalue weighted by atomic mass is 35.6. The summed E-state index contributed by atoms with van der Waals surface area (Å²) in [6, 6.07) is 0. The molecule has 0 unspecified atom stereocenters. The van der Waals surface area contributed by atoms with Crippen molar-refractivity contribution in [2.45, 2.75) is 19.8 Å². The molecule has 0 atom stereocenters. The van der Waals surface area contributed by atoms with Crippen molar-refractivity contribution in [3.63, 3.8) is 0 Å². The molecule has 0 amide bonds. The van der Waals surface area contributed by atoms with Gasteiger partial charge < -0.3 is 5.11 Å². The Hall–Kier alpha value is 0.01000. The molecule has 0 aromatic carbocycles. The van der Waals surface area contributed by atoms with Gasteiger partial charge in [0, 0.05) is 6.42 Å². The van der Waals surface area contributed by atoms with Gasteiger partial charge in [-0.15, -0.1) is 0 Å². The number of hydrogen-bond acceptors (Lipinski definition) is 2. The van der Waals surface area contributed by atoms with E-state index in [4.69, 9.17) is 5.11 Å². The van der Waals surface area contributed by atoms with Crippen LogP contribution in [-0.4, -0.2) is 11.1 Å². The summed E-state index contributed by atoms with van der Waals surface area (Å²) in [5, 5.41) is 7.91. The summed E-state index contributed by atoms with van der Waals surface area (Å²) < 4.78 is 3.19. The lowest BCUT2D eigenvalue weighted by atomic mass is 10.4. The standard InChI is InChI=1S/C4H8O2.Cl2O/c1-2-3-4(5)6;1-3-2/h2-3H2,1H3,(H,5,6);. The normalized spacial score (nSPS) is 7.44. The molecule has 0 bridgehead atoms. The maximum Gasteiger partial charge on any atom is 0.303 e. The number of halogens is 2. The van der Waals surface area contributed by atoms with Gasteiger partial charge in [0.25, 0.3) is 0 Å². The molecule has 0 rings (SSSR count). The summed E-state index contributed by atoms with van der Waals surface area (Å²) in [6.45, 7) is 1.84. The van der Waals surface area contributed by atoms with E-state index in [-0.39, 0.29) is 0 Å². The van der Waals surface area contributed by atoms with Crippen LogP contribution in [-0.2, 0) is 8.64 Å². The topological polar surface area (TPSA) is 46.5 Å². The Morgan fingerprint density at radius 1 is 1.67 bits per heavy atom. The van der Waals surface area contributed by atoms with Crippen molar-refractivity contribution in [3.05, 3.63) is 0 Å². The lowest BCUT2D eigenvalue weighted by Gasteiger charge is -1.79. The first-order valence-electron chi connectivity index (χ1n) is 2.30. The predicted molar refractivity (Wildman–Crippen MR) is 35.3 cm³/mol. The zero-order chi connectivity index (χ0) is 7.70. The second kappa shape index (κ2) is 10.9. The van der Waals surface area contributed by atoms with Crippen LogP contribution in [0.1, 0.15) is 19.8 Å². The number of aliphatic carboxylic acids is 1. The summed E-state index contributed by atoms with van der Waals surface area (Å²) in [4.78, 5) is 9.60. The summed E-state index contributed by atoms with van der Waals surface area (Å²) in [5.74, 6) is -0.711. The second-order valence-corrected chi connectivity index (χ2v) is 1.67. The minimum Gasteiger partial charge on any atom is -0.481 e. The number of carbonyl (C=O) groups is 1. The highest BCUT2D eigenvalue weighted by Crippen LogP contribution is 1.82. The van der Waals surface area contributed by atoms with E-state index in [0.717, 1.165) is 6.42 Å². The van der Waals surface area contributed by atoms with Crippen LogP contribution in [0.25, 0.3) is 0 Å². The Balaban J connectivity index is 0. The second-order valence-electron chi connectivity index (χ2n) is 1.20. The zero-order valence-corrected chi connectivity index (χ0v) is 6.45. The molecule has 0 radical (unpaired) electrons. The first kappa shape index (κ1) is 11.8. The number of rotatable bonds is 2. The van der Waals surface area contributed by atoms with Crippen molar-refractivity contribution < 1.29 is 13.7 Å². The molecule has 0 aromatic heterocycles. The van der Waals surface area contributed by atoms with Gasteiger partial charge in [-0.2, -0.15) is 3.84 Å². The van der Waals surface area contributed by atoms with E-state index in [1.807, 2.05) is 6.92 Å². The van der Waals surface area contributed by atoms with Gasteiger partial charge in [-0.1, -0.05) is 6.92 Å². The average molecular weight is 175 g/mol. The molecule has 0 fully saturated rings. The van der Waals surface area contributed by atoms with Crippen LogP contribution in [0.4, 0.5) is 0 Å². The van der Waals surface area contributed by atoms with Crippen molar-refractivity contribution in [2.75, 3.05) is 0 Å². The van der Waals surface area contributed by atoms with Gasteiger partial charge in [-0.25, -0.2) is 0 Å². The van der Waals surface area contributed by atoms with E-state index in [2.05, 4.69) is 27.6 Å². The van der Waals surface area contributed by atoms with Crippen molar-refractivity contribution in [3.8, 4) is 0 Å². The largest absolute Gasteiger partial charge is 0.481 e. The fourth-order valence-electron chi connectivity index (χ4n) is 0.214. The first-order valence-corrected chi connectivity index (χ1v) is 2.91. The van der Waals surface area contributed by atoms with Crippen LogP contribution >= 0.6 is 23.7 Å². The van der Waals surface area contributed by atoms with Gasteiger partial charge in [-0.3, -0.25) is 4.79 Å². The molecule has 3 nitrogen and oxygen atoms in total. The van der Waals surface area contributed by atoms with Gasteiger partial charge in [0.15, 0.2) is 0 Å². The van der Waals surface area contributed by atoms with Crippen molar-refractivity contribution in [1.82, 2.24) is 0 Å². The SMILES string of the molecule is CCCC(=O)O.ClOCl. The van der Waals surface area contributed by atoms with E-state index in [9.17, 15) is 4.79 Å². The van der Waals surface area contributed by atoms with E-state index in [1.165, 1.54) is 0 Å². The highest BCUT2D eigenvalue weighted by molar-refractivity contribution is 6.24. The monoisotopic (exact) mass is 174 g/mol. The lowest BCUT2D eigenvalue weighted by Crippen LogP contribution is -1.90. The van der Waals surface area contributed by atoms with Gasteiger partial charge in [0.2, 0.25) is 0 Å². The summed E-state index contributed by atoms with van der Waals surface area (Å²) in [7, 11) is 0. The fourth-order valence-corrected chi connectivity index (χ4v) is 0.214. The third-order valence-corrected chi connectivity index (χ3v) is 0.464. The molecule has 9 heavy (non-hydrogen) atoms. The molecule has 0 aliphatic carbocycles. The smallest absolute Gasteiger partial charge is 0.303 e. The van der Waals surface area contributed by atoms with Crippen molar-refractivity contribution >= 4 is 29.7 Å². The van der Waals surface area contributed by atoms with Crippen LogP contribution in [0.15, 0.2) is 0 Å². The number of carboxylic acids is 1. The number of hydrogen-bond donors (Lipinski definition) is 1. The van der Waals surface area contributed by atoms with E-state index >= 15 is 0 Å². The average Bonchev–Trinajstić information content (AvgIpc) is 1.67. The van der Waals surface area contributed by atoms with Crippen molar-refractivity contribution in [1.29, 1.82) is 0 Å². The van der Waals surface area contributed by atoms with Crippen LogP contribution in [0.5, 0.6) is 0 Å². The molecule has 0 aliphatic heterocycles. The molecule has 0 aromatic rings. The summed E-state index contributed by atoms with van der Waals surface area (Å²) in [5.41, 5.74) is 0. The third kappa shape index (κ3) is 31.9. The van der Waals surface area contributed by atoms with Crippen LogP contribution < -0.4 is 0 Å². The van der Waals surface area contributed by atoms with Gasteiger partial charge in [0.05, 0.1) is 23.7 Å². The molecule has 0 aliphatic rings. The van der Waals surface area contributed by atoms with E-state index < -0.39 is 5.97 Å². The van der Waals surface area contributed by atoms with Crippen LogP contribution in [0.2, 0.25) is 0 Å². The molecular weight excluding hydrogens is 167 g/mol. The molecular formula is C4H8Cl2O3. The summed E-state index contributed by atoms with van der Waals surface area (Å²) in [6.07, 6.45) is 1.02. The minimum absolute atomic E-state index is 0.292. The molecule has 0 saturated heterocycles. The Labute approximate surface area is 63.9 Å². The fraction of sp³-hybridized carbons (Fsp3) is 0.750. The Bertz CT molecular complexity index is 66.8. The Morgan fingerprint density at radius 3 is 2.00 bits per heavy atom. The lowest BCUT2D eigenvalue weighted by molar-refractivity contribution is -0.137. The molecule has 5 heteroatoms. The van der Waals surface area contributed by atoms with Gasteiger partial charge in [0.1, 0.15) is 0 Å².